The minimum Gasteiger partial charge on any atom is -0.411 e. The van der Waals surface area contributed by atoms with Crippen LogP contribution in [0.1, 0.15) is 65.2 Å². The summed E-state index contributed by atoms with van der Waals surface area (Å²) in [4.78, 5) is 0. The summed E-state index contributed by atoms with van der Waals surface area (Å²) in [6.45, 7) is 4.98. The van der Waals surface area contributed by atoms with Gasteiger partial charge in [0, 0.05) is 5.92 Å². The van der Waals surface area contributed by atoms with Crippen LogP contribution in [0, 0.1) is 34.5 Å². The Labute approximate surface area is 128 Å². The van der Waals surface area contributed by atoms with Crippen molar-refractivity contribution in [2.45, 2.75) is 65.2 Å². The fourth-order valence-corrected chi connectivity index (χ4v) is 6.72. The Kier molecular flexibility index (Phi) is 3.03. The van der Waals surface area contributed by atoms with Gasteiger partial charge >= 0.3 is 0 Å². The van der Waals surface area contributed by atoms with Gasteiger partial charge < -0.3 is 5.21 Å². The molecule has 0 radical (unpaired) electrons. The molecule has 0 bridgehead atoms. The Morgan fingerprint density at radius 1 is 1.14 bits per heavy atom. The normalized spacial score (nSPS) is 54.1. The number of rotatable bonds is 0. The smallest absolute Gasteiger partial charge is 0.0610 e. The van der Waals surface area contributed by atoms with E-state index in [4.69, 9.17) is 0 Å². The zero-order valence-corrected chi connectivity index (χ0v) is 13.5. The van der Waals surface area contributed by atoms with Gasteiger partial charge in [-0.2, -0.15) is 0 Å². The molecule has 3 saturated carbocycles. The summed E-state index contributed by atoms with van der Waals surface area (Å²) in [5, 5.41) is 13.4. The number of fused-ring (bicyclic) bond motifs is 5. The Morgan fingerprint density at radius 3 is 2.81 bits per heavy atom. The fourth-order valence-electron chi connectivity index (χ4n) is 6.72. The third kappa shape index (κ3) is 1.80. The van der Waals surface area contributed by atoms with Crippen molar-refractivity contribution in [3.8, 4) is 0 Å². The summed E-state index contributed by atoms with van der Waals surface area (Å²) in [5.74, 6) is 2.93. The summed E-state index contributed by atoms with van der Waals surface area (Å²) >= 11 is 0. The zero-order chi connectivity index (χ0) is 14.7. The summed E-state index contributed by atoms with van der Waals surface area (Å²) in [5.41, 5.74) is 1.95. The topological polar surface area (TPSA) is 32.6 Å². The quantitative estimate of drug-likeness (QED) is 0.378. The molecule has 4 aliphatic rings. The largest absolute Gasteiger partial charge is 0.411 e. The Bertz CT molecular complexity index is 496. The molecule has 0 aliphatic heterocycles. The second-order valence-electron chi connectivity index (χ2n) is 8.66. The molecular formula is C19H29NO. The van der Waals surface area contributed by atoms with Gasteiger partial charge in [-0.25, -0.2) is 0 Å². The molecule has 0 spiro atoms. The first-order chi connectivity index (χ1) is 10.1. The second kappa shape index (κ2) is 4.60. The van der Waals surface area contributed by atoms with Gasteiger partial charge in [-0.15, -0.1) is 0 Å². The Hall–Kier alpha value is -0.790. The molecule has 4 aliphatic carbocycles. The van der Waals surface area contributed by atoms with Crippen molar-refractivity contribution >= 4 is 5.71 Å². The van der Waals surface area contributed by atoms with Gasteiger partial charge in [0.1, 0.15) is 0 Å². The van der Waals surface area contributed by atoms with Crippen molar-refractivity contribution in [3.05, 3.63) is 12.2 Å². The molecule has 0 amide bonds. The first kappa shape index (κ1) is 13.8. The lowest BCUT2D eigenvalue weighted by atomic mass is 9.45. The van der Waals surface area contributed by atoms with Crippen molar-refractivity contribution in [1.82, 2.24) is 0 Å². The predicted octanol–water partition coefficient (Wildman–Crippen LogP) is 5.03. The summed E-state index contributed by atoms with van der Waals surface area (Å²) < 4.78 is 0. The van der Waals surface area contributed by atoms with E-state index in [2.05, 4.69) is 31.2 Å². The van der Waals surface area contributed by atoms with Gasteiger partial charge in [0.05, 0.1) is 5.71 Å². The van der Waals surface area contributed by atoms with Crippen molar-refractivity contribution in [2.24, 2.45) is 39.7 Å². The molecule has 1 N–H and O–H groups in total. The molecule has 0 saturated heterocycles. The SMILES string of the molecule is C[C@@]12C=CC[C@H]1[C@@H]1CC(=NO)C3CCCC[C@]3(C)[C@H]1CC2. The highest BCUT2D eigenvalue weighted by Gasteiger charge is 2.58. The molecule has 1 unspecified atom stereocenters. The van der Waals surface area contributed by atoms with Crippen LogP contribution >= 0.6 is 0 Å². The van der Waals surface area contributed by atoms with E-state index < -0.39 is 0 Å². The average Bonchev–Trinajstić information content (AvgIpc) is 2.87. The Balaban J connectivity index is 1.73. The number of nitrogens with zero attached hydrogens (tertiary/aromatic N) is 1. The van der Waals surface area contributed by atoms with E-state index in [9.17, 15) is 5.21 Å². The molecule has 21 heavy (non-hydrogen) atoms. The van der Waals surface area contributed by atoms with E-state index in [0.717, 1.165) is 29.9 Å². The minimum atomic E-state index is 0.395. The number of oxime groups is 1. The van der Waals surface area contributed by atoms with Crippen molar-refractivity contribution in [1.29, 1.82) is 0 Å². The van der Waals surface area contributed by atoms with E-state index >= 15 is 0 Å². The Morgan fingerprint density at radius 2 is 2.00 bits per heavy atom. The van der Waals surface area contributed by atoms with Crippen LogP contribution in [0.5, 0.6) is 0 Å². The third-order valence-corrected chi connectivity index (χ3v) is 7.84. The van der Waals surface area contributed by atoms with Gasteiger partial charge in [0.15, 0.2) is 0 Å². The van der Waals surface area contributed by atoms with Crippen LogP contribution in [-0.2, 0) is 0 Å². The molecule has 0 aromatic heterocycles. The molecule has 0 aromatic carbocycles. The van der Waals surface area contributed by atoms with E-state index in [1.165, 1.54) is 44.9 Å². The van der Waals surface area contributed by atoms with E-state index in [0.29, 0.717) is 16.7 Å². The van der Waals surface area contributed by atoms with E-state index in [1.54, 1.807) is 0 Å². The van der Waals surface area contributed by atoms with Gasteiger partial charge in [-0.1, -0.05) is 44.0 Å². The van der Waals surface area contributed by atoms with Crippen LogP contribution in [-0.4, -0.2) is 10.9 Å². The number of allylic oxidation sites excluding steroid dienone is 2. The van der Waals surface area contributed by atoms with E-state index in [-0.39, 0.29) is 0 Å². The van der Waals surface area contributed by atoms with Gasteiger partial charge in [-0.05, 0) is 67.1 Å². The highest BCUT2D eigenvalue weighted by Crippen LogP contribution is 2.64. The zero-order valence-electron chi connectivity index (χ0n) is 13.5. The standard InChI is InChI=1S/C19H29NO/c1-18-9-5-7-14(18)13-12-17(20-21)16-6-3-4-10-19(16,2)15(13)8-11-18/h5,9,13-16,21H,3-4,6-8,10-12H2,1-2H3/t13-,14-,15-,16?,18-,19+/m0/s1. The highest BCUT2D eigenvalue weighted by atomic mass is 16.4. The molecule has 4 rings (SSSR count). The fraction of sp³-hybridized carbons (Fsp3) is 0.842. The molecule has 0 aromatic rings. The molecule has 3 fully saturated rings. The van der Waals surface area contributed by atoms with Gasteiger partial charge in [-0.3, -0.25) is 0 Å². The lowest BCUT2D eigenvalue weighted by molar-refractivity contribution is -0.0564. The van der Waals surface area contributed by atoms with Crippen LogP contribution in [0.2, 0.25) is 0 Å². The van der Waals surface area contributed by atoms with Crippen molar-refractivity contribution in [3.63, 3.8) is 0 Å². The van der Waals surface area contributed by atoms with E-state index in [1.807, 2.05) is 0 Å². The predicted molar refractivity (Wildman–Crippen MR) is 85.5 cm³/mol. The third-order valence-electron chi connectivity index (χ3n) is 7.84. The molecule has 6 atom stereocenters. The van der Waals surface area contributed by atoms with Crippen molar-refractivity contribution < 1.29 is 5.21 Å². The second-order valence-corrected chi connectivity index (χ2v) is 8.66. The first-order valence-electron chi connectivity index (χ1n) is 8.97. The maximum Gasteiger partial charge on any atom is 0.0610 e. The monoisotopic (exact) mass is 287 g/mol. The summed E-state index contributed by atoms with van der Waals surface area (Å²) in [7, 11) is 0. The summed E-state index contributed by atoms with van der Waals surface area (Å²) in [6.07, 6.45) is 15.2. The van der Waals surface area contributed by atoms with Crippen molar-refractivity contribution in [2.75, 3.05) is 0 Å². The average molecular weight is 287 g/mol. The first-order valence-corrected chi connectivity index (χ1v) is 8.97. The minimum absolute atomic E-state index is 0.395. The van der Waals surface area contributed by atoms with Crippen LogP contribution in [0.15, 0.2) is 17.3 Å². The molecule has 116 valence electrons. The van der Waals surface area contributed by atoms with Crippen LogP contribution in [0.3, 0.4) is 0 Å². The molecular weight excluding hydrogens is 258 g/mol. The lowest BCUT2D eigenvalue weighted by Gasteiger charge is -2.59. The van der Waals surface area contributed by atoms with Gasteiger partial charge in [0.25, 0.3) is 0 Å². The number of hydrogen-bond acceptors (Lipinski definition) is 2. The highest BCUT2D eigenvalue weighted by molar-refractivity contribution is 5.88. The van der Waals surface area contributed by atoms with Crippen LogP contribution in [0.25, 0.3) is 0 Å². The lowest BCUT2D eigenvalue weighted by Crippen LogP contribution is -2.55. The summed E-state index contributed by atoms with van der Waals surface area (Å²) in [6, 6.07) is 0. The van der Waals surface area contributed by atoms with Crippen LogP contribution < -0.4 is 0 Å². The molecule has 0 heterocycles. The van der Waals surface area contributed by atoms with Crippen LogP contribution in [0.4, 0.5) is 0 Å². The molecule has 2 nitrogen and oxygen atoms in total. The maximum atomic E-state index is 9.61. The van der Waals surface area contributed by atoms with Gasteiger partial charge in [0.2, 0.25) is 0 Å². The number of hydrogen-bond donors (Lipinski definition) is 1. The molecule has 2 heteroatoms. The maximum absolute atomic E-state index is 9.61.